The Morgan fingerprint density at radius 3 is 2.95 bits per heavy atom. The summed E-state index contributed by atoms with van der Waals surface area (Å²) in [7, 11) is 4.31. The summed E-state index contributed by atoms with van der Waals surface area (Å²) in [5, 5.41) is 3.59. The van der Waals surface area contributed by atoms with Gasteiger partial charge in [-0.15, -0.1) is 0 Å². The van der Waals surface area contributed by atoms with Crippen LogP contribution < -0.4 is 5.32 Å². The van der Waals surface area contributed by atoms with E-state index in [4.69, 9.17) is 0 Å². The van der Waals surface area contributed by atoms with Gasteiger partial charge >= 0.3 is 0 Å². The lowest BCUT2D eigenvalue weighted by Crippen LogP contribution is -2.39. The molecule has 0 bridgehead atoms. The van der Waals surface area contributed by atoms with Crippen molar-refractivity contribution in [1.82, 2.24) is 19.4 Å². The first-order chi connectivity index (χ1) is 10.6. The summed E-state index contributed by atoms with van der Waals surface area (Å²) >= 11 is 0. The summed E-state index contributed by atoms with van der Waals surface area (Å²) in [6, 6.07) is 4.57. The van der Waals surface area contributed by atoms with Gasteiger partial charge in [0, 0.05) is 37.4 Å². The van der Waals surface area contributed by atoms with Crippen LogP contribution in [0.25, 0.3) is 0 Å². The maximum atomic E-state index is 4.30. The van der Waals surface area contributed by atoms with Crippen molar-refractivity contribution in [3.05, 3.63) is 42.2 Å². The Hall–Kier alpha value is -1.88. The smallest absolute Gasteiger partial charge is 0.0946 e. The minimum Gasteiger partial charge on any atom is -0.385 e. The Morgan fingerprint density at radius 1 is 1.36 bits per heavy atom. The Bertz CT molecular complexity index is 621. The van der Waals surface area contributed by atoms with Crippen molar-refractivity contribution in [2.75, 3.05) is 25.5 Å². The summed E-state index contributed by atoms with van der Waals surface area (Å²) in [5.41, 5.74) is 3.51. The van der Waals surface area contributed by atoms with Crippen LogP contribution in [0, 0.1) is 12.8 Å². The summed E-state index contributed by atoms with van der Waals surface area (Å²) in [6.07, 6.45) is 8.28. The maximum Gasteiger partial charge on any atom is 0.0946 e. The zero-order valence-corrected chi connectivity index (χ0v) is 13.7. The molecular formula is C17H25N5. The number of hydrogen-bond acceptors (Lipinski definition) is 4. The summed E-state index contributed by atoms with van der Waals surface area (Å²) in [4.78, 5) is 11.0. The maximum absolute atomic E-state index is 4.30. The third-order valence-corrected chi connectivity index (χ3v) is 4.63. The molecule has 1 saturated heterocycles. The zero-order valence-electron chi connectivity index (χ0n) is 13.7. The molecule has 1 aliphatic rings. The molecule has 3 heterocycles. The molecule has 22 heavy (non-hydrogen) atoms. The van der Waals surface area contributed by atoms with Crippen molar-refractivity contribution in [1.29, 1.82) is 0 Å². The summed E-state index contributed by atoms with van der Waals surface area (Å²) in [6.45, 7) is 4.16. The highest BCUT2D eigenvalue weighted by Gasteiger charge is 2.32. The van der Waals surface area contributed by atoms with Gasteiger partial charge in [0.05, 0.1) is 18.1 Å². The second-order valence-corrected chi connectivity index (χ2v) is 6.32. The summed E-state index contributed by atoms with van der Waals surface area (Å²) in [5.74, 6) is 0.586. The third kappa shape index (κ3) is 3.14. The minimum absolute atomic E-state index is 0.427. The van der Waals surface area contributed by atoms with Gasteiger partial charge in [-0.05, 0) is 51.4 Å². The molecule has 3 rings (SSSR count). The highest BCUT2D eigenvalue weighted by atomic mass is 15.2. The number of likely N-dealkylation sites (tertiary alicyclic amines) is 1. The van der Waals surface area contributed by atoms with Crippen LogP contribution in [0.5, 0.6) is 0 Å². The van der Waals surface area contributed by atoms with E-state index in [2.05, 4.69) is 44.9 Å². The van der Waals surface area contributed by atoms with Crippen molar-refractivity contribution in [3.8, 4) is 0 Å². The van der Waals surface area contributed by atoms with Crippen LogP contribution in [0.2, 0.25) is 0 Å². The molecule has 2 atom stereocenters. The van der Waals surface area contributed by atoms with Gasteiger partial charge in [0.2, 0.25) is 0 Å². The number of piperidine rings is 1. The predicted octanol–water partition coefficient (Wildman–Crippen LogP) is 2.62. The average molecular weight is 299 g/mol. The van der Waals surface area contributed by atoms with E-state index in [0.717, 1.165) is 24.5 Å². The van der Waals surface area contributed by atoms with E-state index < -0.39 is 0 Å². The van der Waals surface area contributed by atoms with Crippen molar-refractivity contribution < 1.29 is 0 Å². The van der Waals surface area contributed by atoms with E-state index >= 15 is 0 Å². The fourth-order valence-corrected chi connectivity index (χ4v) is 3.50. The zero-order chi connectivity index (χ0) is 15.5. The molecule has 0 aromatic carbocycles. The molecule has 0 amide bonds. The first-order valence-corrected chi connectivity index (χ1v) is 7.98. The van der Waals surface area contributed by atoms with Crippen LogP contribution in [0.15, 0.2) is 30.9 Å². The highest BCUT2D eigenvalue weighted by molar-refractivity contribution is 5.43. The Balaban J connectivity index is 1.74. The van der Waals surface area contributed by atoms with E-state index in [1.807, 2.05) is 31.7 Å². The molecule has 118 valence electrons. The molecule has 2 aromatic heterocycles. The first-order valence-electron chi connectivity index (χ1n) is 7.98. The molecule has 0 aliphatic carbocycles. The third-order valence-electron chi connectivity index (χ3n) is 4.63. The number of aryl methyl sites for hydroxylation is 2. The van der Waals surface area contributed by atoms with Gasteiger partial charge in [-0.25, -0.2) is 4.98 Å². The van der Waals surface area contributed by atoms with Crippen molar-refractivity contribution in [3.63, 3.8) is 0 Å². The summed E-state index contributed by atoms with van der Waals surface area (Å²) < 4.78 is 2.15. The lowest BCUT2D eigenvalue weighted by molar-refractivity contribution is 0.122. The number of pyridine rings is 1. The van der Waals surface area contributed by atoms with Crippen LogP contribution in [0.4, 0.5) is 5.69 Å². The number of hydrogen-bond donors (Lipinski definition) is 1. The van der Waals surface area contributed by atoms with Crippen LogP contribution in [0.1, 0.15) is 30.3 Å². The van der Waals surface area contributed by atoms with Crippen molar-refractivity contribution in [2.45, 2.75) is 25.8 Å². The number of aromatic nitrogens is 3. The van der Waals surface area contributed by atoms with Gasteiger partial charge in [-0.1, -0.05) is 0 Å². The van der Waals surface area contributed by atoms with Gasteiger partial charge in [0.25, 0.3) is 0 Å². The molecule has 0 unspecified atom stereocenters. The molecule has 5 heteroatoms. The van der Waals surface area contributed by atoms with E-state index in [1.54, 1.807) is 0 Å². The molecular weight excluding hydrogens is 274 g/mol. The quantitative estimate of drug-likeness (QED) is 0.942. The largest absolute Gasteiger partial charge is 0.385 e. The normalized spacial score (nSPS) is 22.7. The second-order valence-electron chi connectivity index (χ2n) is 6.32. The topological polar surface area (TPSA) is 46.0 Å². The second kappa shape index (κ2) is 6.48. The van der Waals surface area contributed by atoms with Crippen LogP contribution >= 0.6 is 0 Å². The lowest BCUT2D eigenvalue weighted by atomic mass is 9.87. The standard InChI is InChI=1S/C17H25N5/c1-13-9-15(6-7-19-13)20-10-14-5-4-8-21(2)17(14)16-11-18-12-22(16)3/h6-7,9,11-12,14,17H,4-5,8,10H2,1-3H3,(H,19,20)/t14-,17+/m0/s1. The van der Waals surface area contributed by atoms with Gasteiger partial charge in [0.15, 0.2) is 0 Å². The van der Waals surface area contributed by atoms with Gasteiger partial charge < -0.3 is 9.88 Å². The molecule has 2 aromatic rings. The number of imidazole rings is 1. The minimum atomic E-state index is 0.427. The number of rotatable bonds is 4. The fraction of sp³-hybridized carbons (Fsp3) is 0.529. The number of anilines is 1. The molecule has 1 fully saturated rings. The highest BCUT2D eigenvalue weighted by Crippen LogP contribution is 2.34. The van der Waals surface area contributed by atoms with E-state index in [9.17, 15) is 0 Å². The van der Waals surface area contributed by atoms with Gasteiger partial charge in [-0.3, -0.25) is 9.88 Å². The molecule has 5 nitrogen and oxygen atoms in total. The number of nitrogens with one attached hydrogen (secondary N) is 1. The van der Waals surface area contributed by atoms with Crippen LogP contribution in [0.3, 0.4) is 0 Å². The van der Waals surface area contributed by atoms with Gasteiger partial charge in [-0.2, -0.15) is 0 Å². The monoisotopic (exact) mass is 299 g/mol. The Morgan fingerprint density at radius 2 is 2.23 bits per heavy atom. The molecule has 1 aliphatic heterocycles. The lowest BCUT2D eigenvalue weighted by Gasteiger charge is -2.39. The molecule has 0 saturated carbocycles. The van der Waals surface area contributed by atoms with Crippen LogP contribution in [-0.4, -0.2) is 39.6 Å². The SMILES string of the molecule is Cc1cc(NC[C@@H]2CCCN(C)[C@H]2c2cncn2C)ccn1. The van der Waals surface area contributed by atoms with E-state index in [0.29, 0.717) is 12.0 Å². The first kappa shape index (κ1) is 15.0. The van der Waals surface area contributed by atoms with E-state index in [-0.39, 0.29) is 0 Å². The average Bonchev–Trinajstić information content (AvgIpc) is 2.91. The predicted molar refractivity (Wildman–Crippen MR) is 88.8 cm³/mol. The number of nitrogens with zero attached hydrogens (tertiary/aromatic N) is 4. The Kier molecular flexibility index (Phi) is 4.43. The fourth-order valence-electron chi connectivity index (χ4n) is 3.50. The van der Waals surface area contributed by atoms with Crippen molar-refractivity contribution in [2.24, 2.45) is 13.0 Å². The van der Waals surface area contributed by atoms with Crippen LogP contribution in [-0.2, 0) is 7.05 Å². The van der Waals surface area contributed by atoms with E-state index in [1.165, 1.54) is 18.5 Å². The molecule has 0 radical (unpaired) electrons. The molecule has 0 spiro atoms. The van der Waals surface area contributed by atoms with Crippen molar-refractivity contribution >= 4 is 5.69 Å². The Labute approximate surface area is 132 Å². The molecule has 1 N–H and O–H groups in total. The van der Waals surface area contributed by atoms with Gasteiger partial charge in [0.1, 0.15) is 0 Å².